The maximum atomic E-state index is 13.6. The molecule has 2 atom stereocenters. The van der Waals surface area contributed by atoms with Crippen molar-refractivity contribution in [1.82, 2.24) is 19.2 Å². The van der Waals surface area contributed by atoms with Gasteiger partial charge in [-0.25, -0.2) is 18.4 Å². The molecule has 9 heteroatoms. The topological polar surface area (TPSA) is 75.6 Å². The van der Waals surface area contributed by atoms with Crippen molar-refractivity contribution in [2.24, 2.45) is 0 Å². The Bertz CT molecular complexity index is 1150. The number of pyridine rings is 1. The van der Waals surface area contributed by atoms with Gasteiger partial charge in [-0.05, 0) is 24.6 Å². The fraction of sp³-hybridized carbons (Fsp3) is 0.333. The third-order valence-corrected chi connectivity index (χ3v) is 8.47. The number of thiazole rings is 1. The third-order valence-electron chi connectivity index (χ3n) is 5.66. The number of hydrogen-bond donors (Lipinski definition) is 0. The van der Waals surface area contributed by atoms with Crippen molar-refractivity contribution in [3.05, 3.63) is 70.3 Å². The van der Waals surface area contributed by atoms with E-state index < -0.39 is 10.0 Å². The van der Waals surface area contributed by atoms with E-state index in [0.29, 0.717) is 19.6 Å². The molecule has 5 rings (SSSR count). The number of hydrogen-bond acceptors (Lipinski definition) is 7. The largest absolute Gasteiger partial charge is 0.470 e. The molecule has 0 unspecified atom stereocenters. The van der Waals surface area contributed by atoms with Gasteiger partial charge in [0.1, 0.15) is 11.0 Å². The summed E-state index contributed by atoms with van der Waals surface area (Å²) in [5, 5.41) is 0. The van der Waals surface area contributed by atoms with Crippen LogP contribution in [0, 0.1) is 6.92 Å². The Morgan fingerprint density at radius 3 is 2.70 bits per heavy atom. The van der Waals surface area contributed by atoms with Crippen LogP contribution in [-0.2, 0) is 23.1 Å². The van der Waals surface area contributed by atoms with E-state index in [-0.39, 0.29) is 22.9 Å². The molecule has 1 fully saturated rings. The van der Waals surface area contributed by atoms with Crippen LogP contribution in [0.1, 0.15) is 16.1 Å². The predicted octanol–water partition coefficient (Wildman–Crippen LogP) is 2.68. The lowest BCUT2D eigenvalue weighted by Crippen LogP contribution is -2.46. The standard InChI is InChI=1S/C21H22N4O3S2/c1-15-19(29-14-23-15)13-24-11-17-18(12-24)28-21-20(8-5-9-22-21)30(26,27)25(17)10-16-6-3-2-4-7-16/h2-9,14,17-18H,10-13H2,1H3/t17-,18+/m1/s1. The second-order valence-electron chi connectivity index (χ2n) is 7.62. The van der Waals surface area contributed by atoms with Crippen molar-refractivity contribution in [2.75, 3.05) is 13.1 Å². The van der Waals surface area contributed by atoms with Crippen LogP contribution in [-0.4, -0.2) is 52.8 Å². The Labute approximate surface area is 180 Å². The zero-order valence-electron chi connectivity index (χ0n) is 16.5. The number of sulfonamides is 1. The molecule has 1 saturated heterocycles. The van der Waals surface area contributed by atoms with Gasteiger partial charge in [-0.3, -0.25) is 4.90 Å². The molecule has 3 aromatic rings. The van der Waals surface area contributed by atoms with Crippen molar-refractivity contribution in [3.63, 3.8) is 0 Å². The lowest BCUT2D eigenvalue weighted by molar-refractivity contribution is 0.144. The first-order valence-electron chi connectivity index (χ1n) is 9.81. The molecule has 0 spiro atoms. The molecular weight excluding hydrogens is 420 g/mol. The highest BCUT2D eigenvalue weighted by Crippen LogP contribution is 2.36. The fourth-order valence-corrected chi connectivity index (χ4v) is 6.63. The van der Waals surface area contributed by atoms with Crippen molar-refractivity contribution in [3.8, 4) is 5.88 Å². The van der Waals surface area contributed by atoms with Gasteiger partial charge in [0.2, 0.25) is 15.9 Å². The van der Waals surface area contributed by atoms with Gasteiger partial charge in [0.15, 0.2) is 0 Å². The summed E-state index contributed by atoms with van der Waals surface area (Å²) in [6.45, 7) is 4.28. The van der Waals surface area contributed by atoms with E-state index in [1.54, 1.807) is 34.0 Å². The molecule has 7 nitrogen and oxygen atoms in total. The highest BCUT2D eigenvalue weighted by atomic mass is 32.2. The number of likely N-dealkylation sites (tertiary alicyclic amines) is 1. The number of ether oxygens (including phenoxy) is 1. The number of rotatable bonds is 4. The van der Waals surface area contributed by atoms with E-state index in [2.05, 4.69) is 14.9 Å². The fourth-order valence-electron chi connectivity index (χ4n) is 4.11. The molecule has 0 bridgehead atoms. The Hall–Kier alpha value is -2.33. The lowest BCUT2D eigenvalue weighted by atomic mass is 10.1. The van der Waals surface area contributed by atoms with Crippen LogP contribution >= 0.6 is 11.3 Å². The van der Waals surface area contributed by atoms with E-state index in [1.807, 2.05) is 42.8 Å². The van der Waals surface area contributed by atoms with Gasteiger partial charge in [0.25, 0.3) is 0 Å². The monoisotopic (exact) mass is 442 g/mol. The van der Waals surface area contributed by atoms with Crippen LogP contribution in [0.2, 0.25) is 0 Å². The number of benzene rings is 1. The summed E-state index contributed by atoms with van der Waals surface area (Å²) in [6, 6.07) is 12.6. The van der Waals surface area contributed by atoms with Crippen molar-refractivity contribution < 1.29 is 13.2 Å². The summed E-state index contributed by atoms with van der Waals surface area (Å²) >= 11 is 1.63. The second kappa shape index (κ2) is 7.73. The van der Waals surface area contributed by atoms with Gasteiger partial charge >= 0.3 is 0 Å². The van der Waals surface area contributed by atoms with Crippen LogP contribution in [0.4, 0.5) is 0 Å². The highest BCUT2D eigenvalue weighted by Gasteiger charge is 2.47. The Balaban J connectivity index is 1.51. The first-order chi connectivity index (χ1) is 14.5. The van der Waals surface area contributed by atoms with Gasteiger partial charge in [0, 0.05) is 37.3 Å². The average Bonchev–Trinajstić information content (AvgIpc) is 3.31. The molecule has 0 saturated carbocycles. The normalized spacial score (nSPS) is 23.4. The average molecular weight is 443 g/mol. The SMILES string of the molecule is Cc1ncsc1CN1C[C@@H]2Oc3ncccc3S(=O)(=O)N(Cc3ccccc3)[C@@H]2C1. The molecule has 2 aromatic heterocycles. The molecule has 4 heterocycles. The molecule has 0 radical (unpaired) electrons. The molecule has 0 aliphatic carbocycles. The van der Waals surface area contributed by atoms with Gasteiger partial charge in [-0.2, -0.15) is 4.31 Å². The van der Waals surface area contributed by atoms with Crippen LogP contribution in [0.25, 0.3) is 0 Å². The number of aromatic nitrogens is 2. The summed E-state index contributed by atoms with van der Waals surface area (Å²) in [4.78, 5) is 12.2. The Kier molecular flexibility index (Phi) is 5.06. The second-order valence-corrected chi connectivity index (χ2v) is 10.4. The van der Waals surface area contributed by atoms with E-state index in [0.717, 1.165) is 17.8 Å². The van der Waals surface area contributed by atoms with Crippen molar-refractivity contribution in [2.45, 2.75) is 37.1 Å². The first kappa shape index (κ1) is 19.6. The first-order valence-corrected chi connectivity index (χ1v) is 12.1. The zero-order chi connectivity index (χ0) is 20.7. The summed E-state index contributed by atoms with van der Waals surface area (Å²) in [5.74, 6) is 0.193. The third kappa shape index (κ3) is 3.51. The summed E-state index contributed by atoms with van der Waals surface area (Å²) < 4.78 is 35.0. The Morgan fingerprint density at radius 1 is 1.10 bits per heavy atom. The number of nitrogens with zero attached hydrogens (tertiary/aromatic N) is 4. The molecule has 30 heavy (non-hydrogen) atoms. The predicted molar refractivity (Wildman–Crippen MR) is 114 cm³/mol. The number of aryl methyl sites for hydroxylation is 1. The van der Waals surface area contributed by atoms with E-state index in [4.69, 9.17) is 4.74 Å². The van der Waals surface area contributed by atoms with Crippen LogP contribution in [0.3, 0.4) is 0 Å². The minimum Gasteiger partial charge on any atom is -0.470 e. The van der Waals surface area contributed by atoms with Gasteiger partial charge in [0.05, 0.1) is 17.2 Å². The van der Waals surface area contributed by atoms with Gasteiger partial charge in [-0.1, -0.05) is 30.3 Å². The van der Waals surface area contributed by atoms with E-state index in [9.17, 15) is 8.42 Å². The molecule has 0 N–H and O–H groups in total. The smallest absolute Gasteiger partial charge is 0.249 e. The molecule has 2 aliphatic heterocycles. The molecule has 0 amide bonds. The van der Waals surface area contributed by atoms with Gasteiger partial charge < -0.3 is 4.74 Å². The van der Waals surface area contributed by atoms with Gasteiger partial charge in [-0.15, -0.1) is 11.3 Å². The number of fused-ring (bicyclic) bond motifs is 2. The lowest BCUT2D eigenvalue weighted by Gasteiger charge is -2.28. The van der Waals surface area contributed by atoms with Crippen molar-refractivity contribution in [1.29, 1.82) is 0 Å². The highest BCUT2D eigenvalue weighted by molar-refractivity contribution is 7.89. The van der Waals surface area contributed by atoms with Crippen LogP contribution < -0.4 is 4.74 Å². The minimum absolute atomic E-state index is 0.139. The molecule has 1 aromatic carbocycles. The quantitative estimate of drug-likeness (QED) is 0.618. The van der Waals surface area contributed by atoms with Crippen LogP contribution in [0.15, 0.2) is 59.1 Å². The molecule has 2 aliphatic rings. The maximum Gasteiger partial charge on any atom is 0.249 e. The van der Waals surface area contributed by atoms with E-state index in [1.165, 1.54) is 4.88 Å². The molecule has 156 valence electrons. The zero-order valence-corrected chi connectivity index (χ0v) is 18.1. The summed E-state index contributed by atoms with van der Waals surface area (Å²) in [5.41, 5.74) is 3.82. The van der Waals surface area contributed by atoms with Crippen molar-refractivity contribution >= 4 is 21.4 Å². The molecular formula is C21H22N4O3S2. The summed E-state index contributed by atoms with van der Waals surface area (Å²) in [7, 11) is -3.76. The summed E-state index contributed by atoms with van der Waals surface area (Å²) in [6.07, 6.45) is 1.29. The maximum absolute atomic E-state index is 13.6. The minimum atomic E-state index is -3.76. The van der Waals surface area contributed by atoms with E-state index >= 15 is 0 Å². The van der Waals surface area contributed by atoms with Crippen LogP contribution in [0.5, 0.6) is 5.88 Å². The Morgan fingerprint density at radius 2 is 1.93 bits per heavy atom.